The number of carbonyl (C=O) groups is 2. The van der Waals surface area contributed by atoms with Gasteiger partial charge in [-0.3, -0.25) is 33.9 Å². The normalized spacial score (nSPS) is 18.2. The van der Waals surface area contributed by atoms with E-state index in [1.165, 1.54) is 29.9 Å². The minimum Gasteiger partial charge on any atom is -0.507 e. The quantitative estimate of drug-likeness (QED) is 0.0803. The molecule has 3 aromatic rings. The number of aliphatic imine (C=N–C) groups is 2. The monoisotopic (exact) mass is 883 g/mol. The van der Waals surface area contributed by atoms with Crippen LogP contribution < -0.4 is 0 Å². The Kier molecular flexibility index (Phi) is 19.1. The Morgan fingerprint density at radius 3 is 1.90 bits per heavy atom. The summed E-state index contributed by atoms with van der Waals surface area (Å²) in [7, 11) is 0. The Morgan fingerprint density at radius 2 is 1.34 bits per heavy atom. The van der Waals surface area contributed by atoms with Crippen molar-refractivity contribution < 1.29 is 51.4 Å². The summed E-state index contributed by atoms with van der Waals surface area (Å²) >= 11 is 0. The Bertz CT molecular complexity index is 1990. The fourth-order valence-corrected chi connectivity index (χ4v) is 8.28. The first-order valence-corrected chi connectivity index (χ1v) is 21.4. The van der Waals surface area contributed by atoms with Crippen molar-refractivity contribution in [2.75, 3.05) is 32.7 Å². The van der Waals surface area contributed by atoms with Gasteiger partial charge in [0.1, 0.15) is 17.9 Å². The second-order valence-corrected chi connectivity index (χ2v) is 18.2. The Hall–Kier alpha value is -4.68. The van der Waals surface area contributed by atoms with Crippen molar-refractivity contribution in [1.29, 1.82) is 0 Å². The summed E-state index contributed by atoms with van der Waals surface area (Å²) < 4.78 is 2.59. The molecule has 4 N–H and O–H groups in total. The first kappa shape index (κ1) is 50.7. The summed E-state index contributed by atoms with van der Waals surface area (Å²) in [6.45, 7) is 19.4. The SMILES string of the molecule is C.CC(C)(C)c1cc(C=NC2CCCCC2N=Cc2cccc(C(C)(C)C)c2O)c(O)c(CCCN2CCC[N+]3=C2N(Cc2ccccc2)CCC3)c1.O=C(O)CC(=O)O.[Co]. The van der Waals surface area contributed by atoms with Crippen LogP contribution in [-0.2, 0) is 50.2 Å². The molecule has 3 aliphatic rings. The van der Waals surface area contributed by atoms with Crippen LogP contribution in [0.5, 0.6) is 11.5 Å². The molecule has 3 aromatic carbocycles. The van der Waals surface area contributed by atoms with E-state index in [-0.39, 0.29) is 47.1 Å². The number of carboxylic acid groups (broad SMARTS) is 2. The van der Waals surface area contributed by atoms with Gasteiger partial charge in [0.05, 0.1) is 51.4 Å². The summed E-state index contributed by atoms with van der Waals surface area (Å²) in [6, 6.07) is 21.2. The number of phenols is 2. The smallest absolute Gasteiger partial charge is 0.350 e. The van der Waals surface area contributed by atoms with Crippen molar-refractivity contribution in [2.45, 2.75) is 136 Å². The summed E-state index contributed by atoms with van der Waals surface area (Å²) in [5.41, 5.74) is 5.84. The number of hydrogen-bond donors (Lipinski definition) is 4. The van der Waals surface area contributed by atoms with E-state index in [0.717, 1.165) is 100 Å². The molecule has 2 heterocycles. The van der Waals surface area contributed by atoms with Crippen LogP contribution in [0, 0.1) is 0 Å². The van der Waals surface area contributed by atoms with Crippen LogP contribution in [0.25, 0.3) is 0 Å². The maximum Gasteiger partial charge on any atom is 0.350 e. The summed E-state index contributed by atoms with van der Waals surface area (Å²) in [6.07, 6.45) is 11.3. The number of para-hydroxylation sites is 1. The van der Waals surface area contributed by atoms with Crippen molar-refractivity contribution in [3.05, 3.63) is 94.0 Å². The van der Waals surface area contributed by atoms with Crippen molar-refractivity contribution in [2.24, 2.45) is 9.98 Å². The number of hydrogen-bond acceptors (Lipinski definition) is 8. The number of rotatable bonds is 12. The third-order valence-corrected chi connectivity index (χ3v) is 11.4. The van der Waals surface area contributed by atoms with Gasteiger partial charge in [0.25, 0.3) is 0 Å². The summed E-state index contributed by atoms with van der Waals surface area (Å²) in [5, 5.41) is 38.1. The molecule has 1 radical (unpaired) electrons. The van der Waals surface area contributed by atoms with Gasteiger partial charge in [-0.15, -0.1) is 0 Å². The third-order valence-electron chi connectivity index (χ3n) is 11.4. The standard InChI is InChI=1S/C45H61N5O2.C3H4O4.CH4.Co/c1-44(2,3)37-28-34(19-13-23-48-24-14-25-49-26-15-27-50(43(48)49)32-33-16-8-7-9-17-33)41(51)36(29-37)31-47-40-22-11-10-21-39(40)46-30-35-18-12-20-38(42(35)52)45(4,5)6;4-2(5)1-3(6)7;;/h7-9,12,16-18,20,28-31,39-40H,10-11,13-15,19,21-27,32H2,1-6H3,(H-,46,47,51,52);1H2,(H,4,5)(H,6,7);1H4;/p+1. The van der Waals surface area contributed by atoms with Gasteiger partial charge in [-0.1, -0.05) is 110 Å². The van der Waals surface area contributed by atoms with Gasteiger partial charge in [-0.2, -0.15) is 0 Å². The molecule has 61 heavy (non-hydrogen) atoms. The van der Waals surface area contributed by atoms with E-state index in [0.29, 0.717) is 11.5 Å². The fourth-order valence-electron chi connectivity index (χ4n) is 8.28. The van der Waals surface area contributed by atoms with Crippen molar-refractivity contribution >= 4 is 30.3 Å². The fraction of sp³-hybridized carbons (Fsp3) is 0.531. The van der Waals surface area contributed by atoms with E-state index in [1.807, 2.05) is 30.6 Å². The van der Waals surface area contributed by atoms with Crippen molar-refractivity contribution in [1.82, 2.24) is 9.80 Å². The number of phenolic OH excluding ortho intramolecular Hbond substituents is 2. The number of benzene rings is 3. The van der Waals surface area contributed by atoms with Crippen LogP contribution in [-0.4, -0.2) is 110 Å². The second kappa shape index (κ2) is 23.0. The van der Waals surface area contributed by atoms with E-state index >= 15 is 0 Å². The van der Waals surface area contributed by atoms with Gasteiger partial charge >= 0.3 is 17.9 Å². The molecule has 1 fully saturated rings. The van der Waals surface area contributed by atoms with Gasteiger partial charge in [0, 0.05) is 53.2 Å². The molecular weight excluding hydrogens is 814 g/mol. The number of aryl methyl sites for hydroxylation is 1. The second-order valence-electron chi connectivity index (χ2n) is 18.2. The number of guanidine groups is 1. The van der Waals surface area contributed by atoms with E-state index in [2.05, 4.69) is 98.4 Å². The van der Waals surface area contributed by atoms with Crippen LogP contribution in [0.1, 0.15) is 134 Å². The number of carboxylic acids is 2. The molecule has 12 heteroatoms. The average Bonchev–Trinajstić information content (AvgIpc) is 3.17. The van der Waals surface area contributed by atoms with Gasteiger partial charge < -0.3 is 20.4 Å². The molecule has 0 spiro atoms. The number of aliphatic carboxylic acids is 2. The zero-order valence-corrected chi connectivity index (χ0v) is 37.4. The topological polar surface area (TPSA) is 149 Å². The third kappa shape index (κ3) is 14.5. The summed E-state index contributed by atoms with van der Waals surface area (Å²) in [5.74, 6) is -0.568. The van der Waals surface area contributed by atoms with Crippen LogP contribution in [0.15, 0.2) is 70.6 Å². The molecule has 335 valence electrons. The zero-order chi connectivity index (χ0) is 42.7. The predicted molar refractivity (Wildman–Crippen MR) is 242 cm³/mol. The van der Waals surface area contributed by atoms with Crippen molar-refractivity contribution in [3.63, 3.8) is 0 Å². The molecule has 0 saturated heterocycles. The molecule has 2 aliphatic heterocycles. The molecule has 0 aromatic heterocycles. The van der Waals surface area contributed by atoms with E-state index in [9.17, 15) is 19.8 Å². The Morgan fingerprint density at radius 1 is 0.754 bits per heavy atom. The van der Waals surface area contributed by atoms with Crippen LogP contribution >= 0.6 is 0 Å². The first-order valence-electron chi connectivity index (χ1n) is 21.4. The van der Waals surface area contributed by atoms with E-state index in [1.54, 1.807) is 0 Å². The van der Waals surface area contributed by atoms with Crippen LogP contribution in [0.4, 0.5) is 0 Å². The molecule has 6 rings (SSSR count). The van der Waals surface area contributed by atoms with E-state index in [4.69, 9.17) is 20.2 Å². The van der Waals surface area contributed by atoms with Gasteiger partial charge in [0.15, 0.2) is 0 Å². The predicted octanol–water partition coefficient (Wildman–Crippen LogP) is 8.63. The van der Waals surface area contributed by atoms with Gasteiger partial charge in [0.2, 0.25) is 0 Å². The average molecular weight is 884 g/mol. The molecular formula is C49H70CoN5O6+. The van der Waals surface area contributed by atoms with E-state index < -0.39 is 18.4 Å². The molecule has 1 aliphatic carbocycles. The van der Waals surface area contributed by atoms with Crippen molar-refractivity contribution in [3.8, 4) is 11.5 Å². The summed E-state index contributed by atoms with van der Waals surface area (Å²) in [4.78, 5) is 34.1. The van der Waals surface area contributed by atoms with Crippen LogP contribution in [0.3, 0.4) is 0 Å². The largest absolute Gasteiger partial charge is 0.507 e. The maximum absolute atomic E-state index is 11.7. The van der Waals surface area contributed by atoms with Gasteiger partial charge in [-0.05, 0) is 70.9 Å². The Balaban J connectivity index is 0.00000101. The molecule has 1 saturated carbocycles. The minimum atomic E-state index is -1.31. The minimum absolute atomic E-state index is 0. The molecule has 0 bridgehead atoms. The Labute approximate surface area is 374 Å². The maximum atomic E-state index is 11.7. The zero-order valence-electron chi connectivity index (χ0n) is 36.4. The molecule has 11 nitrogen and oxygen atoms in total. The van der Waals surface area contributed by atoms with Gasteiger partial charge in [-0.25, -0.2) is 0 Å². The first-order chi connectivity index (χ1) is 28.0. The number of nitrogens with zero attached hydrogens (tertiary/aromatic N) is 5. The molecule has 0 amide bonds. The number of aromatic hydroxyl groups is 2. The molecule has 2 atom stereocenters. The van der Waals surface area contributed by atoms with Crippen LogP contribution in [0.2, 0.25) is 0 Å². The molecule has 2 unspecified atom stereocenters.